The third-order valence-electron chi connectivity index (χ3n) is 0.633. The summed E-state index contributed by atoms with van der Waals surface area (Å²) < 4.78 is 4.72. The predicted octanol–water partition coefficient (Wildman–Crippen LogP) is 2.97. The highest BCUT2D eigenvalue weighted by Crippen LogP contribution is 2.11. The second kappa shape index (κ2) is 10.5. The summed E-state index contributed by atoms with van der Waals surface area (Å²) in [7, 11) is 0. The van der Waals surface area contributed by atoms with Gasteiger partial charge >= 0.3 is 0 Å². The molecule has 0 aliphatic carbocycles. The molecule has 1 aliphatic heterocycles. The van der Waals surface area contributed by atoms with Gasteiger partial charge in [-0.3, -0.25) is 0 Å². The van der Waals surface area contributed by atoms with Gasteiger partial charge in [0.1, 0.15) is 12.4 Å². The first kappa shape index (κ1) is 11.4. The van der Waals surface area contributed by atoms with Gasteiger partial charge in [-0.2, -0.15) is 0 Å². The van der Waals surface area contributed by atoms with Crippen molar-refractivity contribution < 1.29 is 4.74 Å². The van der Waals surface area contributed by atoms with Crippen LogP contribution in [0.15, 0.2) is 11.8 Å². The lowest BCUT2D eigenvalue weighted by Crippen LogP contribution is -1.35. The average Bonchev–Trinajstić information content (AvgIpc) is 2.78. The van der Waals surface area contributed by atoms with E-state index >= 15 is 0 Å². The fourth-order valence-electron chi connectivity index (χ4n) is 0.208. The Hall–Kier alpha value is -0.460. The summed E-state index contributed by atoms with van der Waals surface area (Å²) >= 11 is 0. The Labute approximate surface area is 58.7 Å². The van der Waals surface area contributed by atoms with Gasteiger partial charge in [0.2, 0.25) is 0 Å². The maximum atomic E-state index is 4.72. The molecule has 0 amide bonds. The molecule has 0 bridgehead atoms. The van der Waals surface area contributed by atoms with E-state index in [-0.39, 0.29) is 0 Å². The van der Waals surface area contributed by atoms with Gasteiger partial charge in [0, 0.05) is 0 Å². The SMILES string of the molecule is CC.CC.CC=C1CO1. The number of hydrogen-bond acceptors (Lipinski definition) is 1. The molecule has 56 valence electrons. The lowest BCUT2D eigenvalue weighted by Gasteiger charge is -1.50. The van der Waals surface area contributed by atoms with Crippen LogP contribution in [0.2, 0.25) is 0 Å². The molecule has 9 heavy (non-hydrogen) atoms. The van der Waals surface area contributed by atoms with Crippen molar-refractivity contribution >= 4 is 0 Å². The van der Waals surface area contributed by atoms with Crippen molar-refractivity contribution in [3.05, 3.63) is 11.8 Å². The first-order valence-corrected chi connectivity index (χ1v) is 3.71. The van der Waals surface area contributed by atoms with Crippen molar-refractivity contribution in [2.75, 3.05) is 6.61 Å². The maximum absolute atomic E-state index is 4.72. The van der Waals surface area contributed by atoms with Gasteiger partial charge in [0.05, 0.1) is 0 Å². The van der Waals surface area contributed by atoms with Crippen molar-refractivity contribution in [3.8, 4) is 0 Å². The van der Waals surface area contributed by atoms with E-state index in [0.717, 1.165) is 12.4 Å². The van der Waals surface area contributed by atoms with E-state index in [2.05, 4.69) is 0 Å². The molecule has 1 nitrogen and oxygen atoms in total. The molecule has 1 heterocycles. The minimum atomic E-state index is 0.872. The topological polar surface area (TPSA) is 12.5 Å². The summed E-state index contributed by atoms with van der Waals surface area (Å²) in [5, 5.41) is 0. The molecule has 1 saturated heterocycles. The first-order valence-electron chi connectivity index (χ1n) is 3.71. The highest BCUT2D eigenvalue weighted by Gasteiger charge is 2.08. The number of allylic oxidation sites excluding steroid dienone is 1. The van der Waals surface area contributed by atoms with Crippen molar-refractivity contribution in [2.24, 2.45) is 0 Å². The number of ether oxygens (including phenoxy) is 1. The molecule has 0 aromatic rings. The van der Waals surface area contributed by atoms with E-state index in [1.165, 1.54) is 0 Å². The van der Waals surface area contributed by atoms with Gasteiger partial charge in [-0.25, -0.2) is 0 Å². The molecule has 0 atom stereocenters. The monoisotopic (exact) mass is 130 g/mol. The Morgan fingerprint density at radius 3 is 1.56 bits per heavy atom. The maximum Gasteiger partial charge on any atom is 0.145 e. The van der Waals surface area contributed by atoms with Gasteiger partial charge in [0.15, 0.2) is 0 Å². The van der Waals surface area contributed by atoms with Crippen LogP contribution in [0.5, 0.6) is 0 Å². The average molecular weight is 130 g/mol. The summed E-state index contributed by atoms with van der Waals surface area (Å²) in [6.07, 6.45) is 1.97. The molecule has 0 spiro atoms. The van der Waals surface area contributed by atoms with Crippen LogP contribution in [-0.2, 0) is 4.74 Å². The molecule has 1 fully saturated rings. The van der Waals surface area contributed by atoms with Gasteiger partial charge in [-0.15, -0.1) is 0 Å². The smallest absolute Gasteiger partial charge is 0.145 e. The predicted molar refractivity (Wildman–Crippen MR) is 42.4 cm³/mol. The van der Waals surface area contributed by atoms with Gasteiger partial charge in [0.25, 0.3) is 0 Å². The molecule has 1 aliphatic rings. The van der Waals surface area contributed by atoms with Crippen molar-refractivity contribution in [1.82, 2.24) is 0 Å². The fraction of sp³-hybridized carbons (Fsp3) is 0.750. The van der Waals surface area contributed by atoms with Crippen molar-refractivity contribution in [1.29, 1.82) is 0 Å². The van der Waals surface area contributed by atoms with Crippen LogP contribution in [0.4, 0.5) is 0 Å². The molecule has 1 heteroatoms. The van der Waals surface area contributed by atoms with Crippen LogP contribution in [0.1, 0.15) is 34.6 Å². The van der Waals surface area contributed by atoms with Crippen LogP contribution in [0.3, 0.4) is 0 Å². The minimum Gasteiger partial charge on any atom is -0.487 e. The zero-order valence-corrected chi connectivity index (χ0v) is 7.19. The molecule has 1 rings (SSSR count). The van der Waals surface area contributed by atoms with Crippen LogP contribution >= 0.6 is 0 Å². The van der Waals surface area contributed by atoms with E-state index in [0.29, 0.717) is 0 Å². The van der Waals surface area contributed by atoms with E-state index in [4.69, 9.17) is 4.74 Å². The van der Waals surface area contributed by atoms with Crippen LogP contribution < -0.4 is 0 Å². The normalized spacial score (nSPS) is 15.9. The number of rotatable bonds is 0. The van der Waals surface area contributed by atoms with Gasteiger partial charge in [-0.1, -0.05) is 27.7 Å². The Balaban J connectivity index is 0. The molecule has 0 aromatic carbocycles. The molecule has 0 unspecified atom stereocenters. The van der Waals surface area contributed by atoms with E-state index < -0.39 is 0 Å². The lowest BCUT2D eigenvalue weighted by atomic mass is 10.6. The number of epoxide rings is 1. The Kier molecular flexibility index (Phi) is 13.3. The van der Waals surface area contributed by atoms with Crippen LogP contribution in [0, 0.1) is 0 Å². The summed E-state index contributed by atoms with van der Waals surface area (Å²) in [6.45, 7) is 10.8. The Morgan fingerprint density at radius 1 is 1.22 bits per heavy atom. The first-order chi connectivity index (χ1) is 4.43. The third kappa shape index (κ3) is 11.2. The van der Waals surface area contributed by atoms with E-state index in [1.807, 2.05) is 40.7 Å². The highest BCUT2D eigenvalue weighted by molar-refractivity contribution is 5.01. The van der Waals surface area contributed by atoms with Crippen LogP contribution in [0.25, 0.3) is 0 Å². The second-order valence-corrected chi connectivity index (χ2v) is 1.04. The molecule has 0 N–H and O–H groups in total. The molecule has 0 saturated carbocycles. The lowest BCUT2D eigenvalue weighted by molar-refractivity contribution is 0.509. The number of hydrogen-bond donors (Lipinski definition) is 0. The summed E-state index contributed by atoms with van der Waals surface area (Å²) in [5.41, 5.74) is 0. The zero-order chi connectivity index (χ0) is 7.70. The second-order valence-electron chi connectivity index (χ2n) is 1.04. The van der Waals surface area contributed by atoms with Crippen LogP contribution in [-0.4, -0.2) is 6.61 Å². The standard InChI is InChI=1S/C4H6O.2C2H6/c1-2-4-3-5-4;2*1-2/h2H,3H2,1H3;2*1-2H3. The van der Waals surface area contributed by atoms with Gasteiger partial charge in [-0.05, 0) is 13.0 Å². The minimum absolute atomic E-state index is 0.872. The largest absolute Gasteiger partial charge is 0.487 e. The molecule has 0 aromatic heterocycles. The highest BCUT2D eigenvalue weighted by atomic mass is 16.6. The van der Waals surface area contributed by atoms with Crippen molar-refractivity contribution in [2.45, 2.75) is 34.6 Å². The quantitative estimate of drug-likeness (QED) is 0.459. The Morgan fingerprint density at radius 2 is 1.56 bits per heavy atom. The summed E-state index contributed by atoms with van der Waals surface area (Å²) in [5.74, 6) is 1.13. The van der Waals surface area contributed by atoms with E-state index in [1.54, 1.807) is 0 Å². The van der Waals surface area contributed by atoms with Gasteiger partial charge < -0.3 is 4.74 Å². The Bertz CT molecular complexity index is 59.0. The molecule has 0 radical (unpaired) electrons. The zero-order valence-electron chi connectivity index (χ0n) is 7.19. The summed E-state index contributed by atoms with van der Waals surface area (Å²) in [4.78, 5) is 0. The fourth-order valence-corrected chi connectivity index (χ4v) is 0.208. The van der Waals surface area contributed by atoms with Crippen molar-refractivity contribution in [3.63, 3.8) is 0 Å². The molecular weight excluding hydrogens is 112 g/mol. The van der Waals surface area contributed by atoms with E-state index in [9.17, 15) is 0 Å². The third-order valence-corrected chi connectivity index (χ3v) is 0.633. The molecular formula is C8H18O. The summed E-state index contributed by atoms with van der Waals surface area (Å²) in [6, 6.07) is 0.